The van der Waals surface area contributed by atoms with Crippen LogP contribution in [0.25, 0.3) is 22.4 Å². The molecule has 2 aromatic heterocycles. The number of sulfonamides is 1. The van der Waals surface area contributed by atoms with Crippen LogP contribution >= 0.6 is 0 Å². The molecule has 2 heterocycles. The van der Waals surface area contributed by atoms with Crippen molar-refractivity contribution in [2.24, 2.45) is 0 Å². The molecule has 3 rings (SSSR count). The Kier molecular flexibility index (Phi) is 5.55. The van der Waals surface area contributed by atoms with Gasteiger partial charge in [-0.2, -0.15) is 0 Å². The SMILES string of the molecule is Cc1ccc(-c2cc(-c3cc(S(=O)(=O)NCC(C)O)ccc3C)cnc2N)[nH]1. The van der Waals surface area contributed by atoms with Crippen molar-refractivity contribution in [2.45, 2.75) is 31.8 Å². The van der Waals surface area contributed by atoms with E-state index in [4.69, 9.17) is 5.73 Å². The largest absolute Gasteiger partial charge is 0.392 e. The van der Waals surface area contributed by atoms with Crippen molar-refractivity contribution in [3.63, 3.8) is 0 Å². The summed E-state index contributed by atoms with van der Waals surface area (Å²) in [7, 11) is -3.73. The van der Waals surface area contributed by atoms with Crippen LogP contribution in [0.1, 0.15) is 18.2 Å². The minimum absolute atomic E-state index is 0.0503. The number of nitrogens with one attached hydrogen (secondary N) is 2. The number of pyridine rings is 1. The summed E-state index contributed by atoms with van der Waals surface area (Å²) in [5.74, 6) is 0.394. The normalized spacial score (nSPS) is 12.9. The van der Waals surface area contributed by atoms with E-state index in [-0.39, 0.29) is 11.4 Å². The van der Waals surface area contributed by atoms with Crippen LogP contribution in [0.5, 0.6) is 0 Å². The molecular weight excluding hydrogens is 376 g/mol. The summed E-state index contributed by atoms with van der Waals surface area (Å²) in [5, 5.41) is 9.36. The number of nitrogens with zero attached hydrogens (tertiary/aromatic N) is 1. The average Bonchev–Trinajstić information content (AvgIpc) is 3.07. The zero-order chi connectivity index (χ0) is 20.5. The van der Waals surface area contributed by atoms with Gasteiger partial charge in [-0.25, -0.2) is 18.1 Å². The fraction of sp³-hybridized carbons (Fsp3) is 0.250. The highest BCUT2D eigenvalue weighted by atomic mass is 32.2. The second-order valence-corrected chi connectivity index (χ2v) is 8.66. The van der Waals surface area contributed by atoms with Crippen LogP contribution < -0.4 is 10.5 Å². The third kappa shape index (κ3) is 4.24. The Balaban J connectivity index is 2.05. The van der Waals surface area contributed by atoms with Crippen LogP contribution in [0.2, 0.25) is 0 Å². The first-order valence-corrected chi connectivity index (χ1v) is 10.4. The van der Waals surface area contributed by atoms with Crippen molar-refractivity contribution in [1.29, 1.82) is 0 Å². The van der Waals surface area contributed by atoms with Gasteiger partial charge in [0.2, 0.25) is 10.0 Å². The predicted molar refractivity (Wildman–Crippen MR) is 110 cm³/mol. The van der Waals surface area contributed by atoms with E-state index in [1.54, 1.807) is 24.4 Å². The van der Waals surface area contributed by atoms with E-state index >= 15 is 0 Å². The fourth-order valence-electron chi connectivity index (χ4n) is 2.89. The molecule has 7 nitrogen and oxygen atoms in total. The summed E-state index contributed by atoms with van der Waals surface area (Å²) >= 11 is 0. The lowest BCUT2D eigenvalue weighted by Crippen LogP contribution is -2.30. The third-order valence-electron chi connectivity index (χ3n) is 4.44. The van der Waals surface area contributed by atoms with Crippen molar-refractivity contribution in [2.75, 3.05) is 12.3 Å². The molecule has 28 heavy (non-hydrogen) atoms. The van der Waals surface area contributed by atoms with Crippen LogP contribution in [-0.2, 0) is 10.0 Å². The number of nitrogen functional groups attached to an aromatic ring is 1. The van der Waals surface area contributed by atoms with Gasteiger partial charge in [0.25, 0.3) is 0 Å². The number of rotatable bonds is 6. The van der Waals surface area contributed by atoms with Crippen LogP contribution in [0.4, 0.5) is 5.82 Å². The van der Waals surface area contributed by atoms with Gasteiger partial charge < -0.3 is 15.8 Å². The first-order chi connectivity index (χ1) is 13.2. The molecule has 0 aliphatic heterocycles. The van der Waals surface area contributed by atoms with Gasteiger partial charge in [0.15, 0.2) is 0 Å². The molecule has 1 aromatic carbocycles. The maximum atomic E-state index is 12.5. The maximum Gasteiger partial charge on any atom is 0.240 e. The Hall–Kier alpha value is -2.68. The van der Waals surface area contributed by atoms with Crippen molar-refractivity contribution < 1.29 is 13.5 Å². The van der Waals surface area contributed by atoms with Crippen LogP contribution in [0.15, 0.2) is 47.5 Å². The van der Waals surface area contributed by atoms with E-state index in [2.05, 4.69) is 14.7 Å². The van der Waals surface area contributed by atoms with E-state index in [9.17, 15) is 13.5 Å². The summed E-state index contributed by atoms with van der Waals surface area (Å²) in [5.41, 5.74) is 11.1. The van der Waals surface area contributed by atoms with Crippen LogP contribution in [-0.4, -0.2) is 36.1 Å². The van der Waals surface area contributed by atoms with Crippen LogP contribution in [0, 0.1) is 13.8 Å². The molecule has 1 unspecified atom stereocenters. The summed E-state index contributed by atoms with van der Waals surface area (Å²) in [6.07, 6.45) is 0.865. The first-order valence-electron chi connectivity index (χ1n) is 8.87. The highest BCUT2D eigenvalue weighted by Gasteiger charge is 2.17. The van der Waals surface area contributed by atoms with E-state index in [1.807, 2.05) is 32.0 Å². The second kappa shape index (κ2) is 7.75. The topological polar surface area (TPSA) is 121 Å². The van der Waals surface area contributed by atoms with Gasteiger partial charge in [0, 0.05) is 35.3 Å². The molecule has 0 amide bonds. The molecule has 0 aliphatic rings. The number of anilines is 1. The number of hydrogen-bond acceptors (Lipinski definition) is 5. The first kappa shape index (κ1) is 20.1. The zero-order valence-corrected chi connectivity index (χ0v) is 16.8. The molecule has 0 aliphatic carbocycles. The molecule has 0 radical (unpaired) electrons. The summed E-state index contributed by atoms with van der Waals surface area (Å²) < 4.78 is 27.4. The maximum absolute atomic E-state index is 12.5. The summed E-state index contributed by atoms with van der Waals surface area (Å²) in [6, 6.07) is 10.7. The van der Waals surface area contributed by atoms with Gasteiger partial charge in [0.05, 0.1) is 11.0 Å². The quantitative estimate of drug-likeness (QED) is 0.507. The zero-order valence-electron chi connectivity index (χ0n) is 16.0. The van der Waals surface area contributed by atoms with Gasteiger partial charge in [-0.05, 0) is 62.2 Å². The van der Waals surface area contributed by atoms with Gasteiger partial charge >= 0.3 is 0 Å². The number of nitrogens with two attached hydrogens (primary N) is 1. The number of H-pyrrole nitrogens is 1. The lowest BCUT2D eigenvalue weighted by Gasteiger charge is -2.13. The predicted octanol–water partition coefficient (Wildman–Crippen LogP) is 2.60. The van der Waals surface area contributed by atoms with Crippen LogP contribution in [0.3, 0.4) is 0 Å². The standard InChI is InChI=1S/C20H24N4O3S/c1-12-4-6-16(28(26,27)23-10-14(3)25)9-17(12)15-8-18(20(21)22-11-15)19-7-5-13(2)24-19/h4-9,11,14,23-25H,10H2,1-3H3,(H2,21,22). The molecule has 0 saturated carbocycles. The van der Waals surface area contributed by atoms with Crippen molar-refractivity contribution >= 4 is 15.8 Å². The minimum Gasteiger partial charge on any atom is -0.392 e. The van der Waals surface area contributed by atoms with Gasteiger partial charge in [0.1, 0.15) is 5.82 Å². The minimum atomic E-state index is -3.73. The van der Waals surface area contributed by atoms with Crippen molar-refractivity contribution in [3.05, 3.63) is 53.9 Å². The Labute approximate surface area is 164 Å². The number of aromatic amines is 1. The van der Waals surface area contributed by atoms with Crippen molar-refractivity contribution in [1.82, 2.24) is 14.7 Å². The third-order valence-corrected chi connectivity index (χ3v) is 5.86. The summed E-state index contributed by atoms with van der Waals surface area (Å²) in [6.45, 7) is 5.33. The Morgan fingerprint density at radius 2 is 1.93 bits per heavy atom. The van der Waals surface area contributed by atoms with Crippen molar-refractivity contribution in [3.8, 4) is 22.4 Å². The van der Waals surface area contributed by atoms with E-state index in [0.29, 0.717) is 5.82 Å². The summed E-state index contributed by atoms with van der Waals surface area (Å²) in [4.78, 5) is 7.66. The Bertz CT molecular complexity index is 1100. The van der Waals surface area contributed by atoms with E-state index in [0.717, 1.165) is 33.6 Å². The number of aromatic nitrogens is 2. The molecule has 1 atom stereocenters. The highest BCUT2D eigenvalue weighted by molar-refractivity contribution is 7.89. The molecule has 148 valence electrons. The smallest absolute Gasteiger partial charge is 0.240 e. The number of benzene rings is 1. The number of aliphatic hydroxyl groups excluding tert-OH is 1. The van der Waals surface area contributed by atoms with E-state index < -0.39 is 16.1 Å². The molecule has 0 fully saturated rings. The fourth-order valence-corrected chi connectivity index (χ4v) is 4.04. The van der Waals surface area contributed by atoms with E-state index in [1.165, 1.54) is 6.92 Å². The monoisotopic (exact) mass is 400 g/mol. The average molecular weight is 401 g/mol. The molecule has 5 N–H and O–H groups in total. The molecular formula is C20H24N4O3S. The molecule has 0 bridgehead atoms. The lowest BCUT2D eigenvalue weighted by molar-refractivity contribution is 0.198. The van der Waals surface area contributed by atoms with Gasteiger partial charge in [-0.15, -0.1) is 0 Å². The van der Waals surface area contributed by atoms with Gasteiger partial charge in [-0.3, -0.25) is 0 Å². The number of aryl methyl sites for hydroxylation is 2. The number of aliphatic hydroxyl groups is 1. The highest BCUT2D eigenvalue weighted by Crippen LogP contribution is 2.31. The molecule has 3 aromatic rings. The Morgan fingerprint density at radius 1 is 1.18 bits per heavy atom. The number of hydrogen-bond donors (Lipinski definition) is 4. The molecule has 0 saturated heterocycles. The molecule has 8 heteroatoms. The molecule has 0 spiro atoms. The lowest BCUT2D eigenvalue weighted by atomic mass is 10.00. The second-order valence-electron chi connectivity index (χ2n) is 6.89. The van der Waals surface area contributed by atoms with Gasteiger partial charge in [-0.1, -0.05) is 6.07 Å². The Morgan fingerprint density at radius 3 is 2.57 bits per heavy atom.